The lowest BCUT2D eigenvalue weighted by Gasteiger charge is -2.27. The summed E-state index contributed by atoms with van der Waals surface area (Å²) in [5.74, 6) is 0. The second-order valence-electron chi connectivity index (χ2n) is 7.12. The lowest BCUT2D eigenvalue weighted by Crippen LogP contribution is -2.36. The monoisotopic (exact) mass is 248 g/mol. The largest absolute Gasteiger partial charge is 0.325 e. The van der Waals surface area contributed by atoms with Crippen molar-refractivity contribution in [2.75, 3.05) is 0 Å². The molecular weight excluding hydrogens is 220 g/mol. The smallest absolute Gasteiger partial charge is 0.0314 e. The number of benzene rings is 1. The van der Waals surface area contributed by atoms with Gasteiger partial charge in [-0.05, 0) is 49.3 Å². The topological polar surface area (TPSA) is 52.0 Å². The maximum absolute atomic E-state index is 6.31. The molecule has 0 aliphatic carbocycles. The zero-order chi connectivity index (χ0) is 14.1. The molecule has 0 aliphatic rings. The molecule has 0 fully saturated rings. The zero-order valence-electron chi connectivity index (χ0n) is 12.7. The van der Waals surface area contributed by atoms with Crippen LogP contribution in [0.2, 0.25) is 0 Å². The number of hydrogen-bond acceptors (Lipinski definition) is 2. The van der Waals surface area contributed by atoms with Gasteiger partial charge in [0.1, 0.15) is 0 Å². The lowest BCUT2D eigenvalue weighted by atomic mass is 9.83. The normalized spacial score (nSPS) is 14.7. The second kappa shape index (κ2) is 5.02. The van der Waals surface area contributed by atoms with E-state index >= 15 is 0 Å². The van der Waals surface area contributed by atoms with E-state index in [9.17, 15) is 0 Å². The molecule has 0 saturated carbocycles. The van der Waals surface area contributed by atoms with Gasteiger partial charge in [-0.25, -0.2) is 0 Å². The summed E-state index contributed by atoms with van der Waals surface area (Å²) >= 11 is 0. The molecule has 1 rings (SSSR count). The van der Waals surface area contributed by atoms with E-state index in [-0.39, 0.29) is 17.0 Å². The standard InChI is InChI=1S/C16H28N2/c1-11-7-8-12(15(2,3)4)9-13(11)14(17)10-16(5,6)18/h7-9,14H,10,17-18H2,1-6H3. The number of hydrogen-bond donors (Lipinski definition) is 2. The van der Waals surface area contributed by atoms with Crippen LogP contribution < -0.4 is 11.5 Å². The first-order valence-electron chi connectivity index (χ1n) is 6.66. The summed E-state index contributed by atoms with van der Waals surface area (Å²) in [5, 5.41) is 0. The lowest BCUT2D eigenvalue weighted by molar-refractivity contribution is 0.428. The summed E-state index contributed by atoms with van der Waals surface area (Å²) in [6, 6.07) is 6.61. The molecule has 1 aromatic carbocycles. The van der Waals surface area contributed by atoms with Gasteiger partial charge < -0.3 is 11.5 Å². The molecule has 1 unspecified atom stereocenters. The summed E-state index contributed by atoms with van der Waals surface area (Å²) in [5.41, 5.74) is 16.1. The fraction of sp³-hybridized carbons (Fsp3) is 0.625. The molecule has 1 aromatic rings. The Morgan fingerprint density at radius 3 is 2.11 bits per heavy atom. The Morgan fingerprint density at radius 2 is 1.67 bits per heavy atom. The summed E-state index contributed by atoms with van der Waals surface area (Å²) in [6.45, 7) is 12.8. The van der Waals surface area contributed by atoms with Crippen molar-refractivity contribution < 1.29 is 0 Å². The van der Waals surface area contributed by atoms with Crippen molar-refractivity contribution in [3.8, 4) is 0 Å². The molecule has 0 aliphatic heterocycles. The fourth-order valence-corrected chi connectivity index (χ4v) is 2.18. The fourth-order valence-electron chi connectivity index (χ4n) is 2.18. The molecule has 0 bridgehead atoms. The Morgan fingerprint density at radius 1 is 1.11 bits per heavy atom. The quantitative estimate of drug-likeness (QED) is 0.861. The van der Waals surface area contributed by atoms with E-state index in [0.29, 0.717) is 0 Å². The molecule has 18 heavy (non-hydrogen) atoms. The molecule has 102 valence electrons. The number of nitrogens with two attached hydrogens (primary N) is 2. The minimum atomic E-state index is -0.233. The van der Waals surface area contributed by atoms with Crippen LogP contribution in [0.25, 0.3) is 0 Å². The molecular formula is C16H28N2. The van der Waals surface area contributed by atoms with Crippen LogP contribution in [-0.2, 0) is 5.41 Å². The van der Waals surface area contributed by atoms with E-state index in [1.54, 1.807) is 0 Å². The van der Waals surface area contributed by atoms with Crippen molar-refractivity contribution in [3.05, 3.63) is 34.9 Å². The van der Waals surface area contributed by atoms with Crippen LogP contribution in [0.1, 0.15) is 63.8 Å². The van der Waals surface area contributed by atoms with Crippen molar-refractivity contribution in [3.63, 3.8) is 0 Å². The molecule has 0 spiro atoms. The maximum Gasteiger partial charge on any atom is 0.0314 e. The summed E-state index contributed by atoms with van der Waals surface area (Å²) in [7, 11) is 0. The summed E-state index contributed by atoms with van der Waals surface area (Å²) in [6.07, 6.45) is 0.793. The second-order valence-corrected chi connectivity index (χ2v) is 7.12. The van der Waals surface area contributed by atoms with E-state index in [0.717, 1.165) is 6.42 Å². The van der Waals surface area contributed by atoms with Crippen LogP contribution in [-0.4, -0.2) is 5.54 Å². The van der Waals surface area contributed by atoms with Gasteiger partial charge in [-0.2, -0.15) is 0 Å². The molecule has 0 aromatic heterocycles. The van der Waals surface area contributed by atoms with E-state index in [1.165, 1.54) is 16.7 Å². The Hall–Kier alpha value is -0.860. The molecule has 0 amide bonds. The first kappa shape index (κ1) is 15.2. The Kier molecular flexibility index (Phi) is 4.24. The van der Waals surface area contributed by atoms with Crippen molar-refractivity contribution in [2.24, 2.45) is 11.5 Å². The number of aryl methyl sites for hydroxylation is 1. The van der Waals surface area contributed by atoms with Gasteiger partial charge in [0.05, 0.1) is 0 Å². The van der Waals surface area contributed by atoms with Crippen LogP contribution in [0.5, 0.6) is 0 Å². The van der Waals surface area contributed by atoms with Gasteiger partial charge in [-0.15, -0.1) is 0 Å². The zero-order valence-corrected chi connectivity index (χ0v) is 12.7. The Bertz CT molecular complexity index is 408. The van der Waals surface area contributed by atoms with Gasteiger partial charge in [0, 0.05) is 11.6 Å². The average molecular weight is 248 g/mol. The van der Waals surface area contributed by atoms with Gasteiger partial charge in [0.25, 0.3) is 0 Å². The highest BCUT2D eigenvalue weighted by atomic mass is 14.7. The molecule has 2 nitrogen and oxygen atoms in total. The summed E-state index contributed by atoms with van der Waals surface area (Å²) in [4.78, 5) is 0. The van der Waals surface area contributed by atoms with Crippen LogP contribution >= 0.6 is 0 Å². The van der Waals surface area contributed by atoms with Crippen molar-refractivity contribution >= 4 is 0 Å². The Labute approximate surface area is 112 Å². The van der Waals surface area contributed by atoms with Crippen molar-refractivity contribution in [1.82, 2.24) is 0 Å². The van der Waals surface area contributed by atoms with E-state index < -0.39 is 0 Å². The molecule has 1 atom stereocenters. The van der Waals surface area contributed by atoms with Gasteiger partial charge in [0.2, 0.25) is 0 Å². The molecule has 4 N–H and O–H groups in total. The van der Waals surface area contributed by atoms with E-state index in [2.05, 4.69) is 45.9 Å². The van der Waals surface area contributed by atoms with Crippen LogP contribution in [0, 0.1) is 6.92 Å². The highest BCUT2D eigenvalue weighted by molar-refractivity contribution is 5.36. The van der Waals surface area contributed by atoms with E-state index in [4.69, 9.17) is 11.5 Å². The first-order valence-corrected chi connectivity index (χ1v) is 6.66. The predicted octanol–water partition coefficient (Wildman–Crippen LogP) is 3.42. The third kappa shape index (κ3) is 4.11. The predicted molar refractivity (Wildman–Crippen MR) is 79.7 cm³/mol. The van der Waals surface area contributed by atoms with Crippen LogP contribution in [0.3, 0.4) is 0 Å². The van der Waals surface area contributed by atoms with Crippen molar-refractivity contribution in [2.45, 2.75) is 65.0 Å². The molecule has 2 heteroatoms. The first-order chi connectivity index (χ1) is 8.00. The van der Waals surface area contributed by atoms with Crippen LogP contribution in [0.4, 0.5) is 0 Å². The van der Waals surface area contributed by atoms with E-state index in [1.807, 2.05) is 13.8 Å². The SMILES string of the molecule is Cc1ccc(C(C)(C)C)cc1C(N)CC(C)(C)N. The molecule has 0 heterocycles. The number of rotatable bonds is 3. The van der Waals surface area contributed by atoms with Gasteiger partial charge in [0.15, 0.2) is 0 Å². The highest BCUT2D eigenvalue weighted by Gasteiger charge is 2.21. The van der Waals surface area contributed by atoms with Gasteiger partial charge in [-0.3, -0.25) is 0 Å². The average Bonchev–Trinajstić information content (AvgIpc) is 2.13. The van der Waals surface area contributed by atoms with Crippen LogP contribution in [0.15, 0.2) is 18.2 Å². The molecule has 0 saturated heterocycles. The maximum atomic E-state index is 6.31. The third-order valence-corrected chi connectivity index (χ3v) is 3.29. The third-order valence-electron chi connectivity index (χ3n) is 3.29. The van der Waals surface area contributed by atoms with Gasteiger partial charge in [-0.1, -0.05) is 39.0 Å². The Balaban J connectivity index is 3.08. The summed E-state index contributed by atoms with van der Waals surface area (Å²) < 4.78 is 0. The minimum Gasteiger partial charge on any atom is -0.325 e. The van der Waals surface area contributed by atoms with Crippen molar-refractivity contribution in [1.29, 1.82) is 0 Å². The van der Waals surface area contributed by atoms with Gasteiger partial charge >= 0.3 is 0 Å². The molecule has 0 radical (unpaired) electrons. The minimum absolute atomic E-state index is 0.00676. The highest BCUT2D eigenvalue weighted by Crippen LogP contribution is 2.29.